The zero-order valence-corrected chi connectivity index (χ0v) is 8.58. The minimum Gasteiger partial charge on any atom is -0.333 e. The summed E-state index contributed by atoms with van der Waals surface area (Å²) in [6.45, 7) is 4.40. The quantitative estimate of drug-likeness (QED) is 0.642. The third kappa shape index (κ3) is 4.54. The Morgan fingerprint density at radius 3 is 2.54 bits per heavy atom. The highest BCUT2D eigenvalue weighted by Gasteiger charge is 2.17. The number of rotatable bonds is 4. The second kappa shape index (κ2) is 5.60. The maximum Gasteiger partial charge on any atom is 0.240 e. The maximum atomic E-state index is 11.5. The summed E-state index contributed by atoms with van der Waals surface area (Å²) in [6, 6.07) is -0.418. The molecule has 74 valence electrons. The minimum atomic E-state index is -0.418. The van der Waals surface area contributed by atoms with E-state index in [1.54, 1.807) is 7.05 Å². The van der Waals surface area contributed by atoms with Crippen LogP contribution in [0.5, 0.6) is 0 Å². The fourth-order valence-corrected chi connectivity index (χ4v) is 1.11. The summed E-state index contributed by atoms with van der Waals surface area (Å²) >= 11 is 0. The van der Waals surface area contributed by atoms with Gasteiger partial charge in [0.25, 0.3) is 0 Å². The van der Waals surface area contributed by atoms with Gasteiger partial charge in [0.05, 0.1) is 12.6 Å². The van der Waals surface area contributed by atoms with E-state index in [1.807, 2.05) is 13.8 Å². The number of carbonyl (C=O) groups excluding carboxylic acids is 1. The number of carbonyl (C=O) groups is 1. The molecule has 3 heteroatoms. The van der Waals surface area contributed by atoms with Crippen LogP contribution in [-0.2, 0) is 4.79 Å². The molecule has 0 rings (SSSR count). The number of nitrogens with two attached hydrogens (primary N) is 1. The molecule has 0 spiro atoms. The van der Waals surface area contributed by atoms with Gasteiger partial charge in [0.1, 0.15) is 0 Å². The van der Waals surface area contributed by atoms with Crippen LogP contribution >= 0.6 is 0 Å². The molecule has 0 aromatic carbocycles. The fourth-order valence-electron chi connectivity index (χ4n) is 1.11. The molecular formula is C10H18N2O. The average Bonchev–Trinajstić information content (AvgIpc) is 2.02. The van der Waals surface area contributed by atoms with Gasteiger partial charge in [-0.25, -0.2) is 0 Å². The first-order chi connectivity index (χ1) is 5.99. The SMILES string of the molecule is C#CCN(C)C(=O)[C@H](N)CC(C)C. The van der Waals surface area contributed by atoms with E-state index >= 15 is 0 Å². The van der Waals surface area contributed by atoms with Gasteiger partial charge in [0.2, 0.25) is 5.91 Å². The first-order valence-corrected chi connectivity index (χ1v) is 4.43. The molecule has 2 N–H and O–H groups in total. The van der Waals surface area contributed by atoms with E-state index in [1.165, 1.54) is 4.90 Å². The predicted octanol–water partition coefficient (Wildman–Crippen LogP) is 0.451. The van der Waals surface area contributed by atoms with Crippen LogP contribution in [0, 0.1) is 18.3 Å². The van der Waals surface area contributed by atoms with Crippen molar-refractivity contribution >= 4 is 5.91 Å². The number of hydrogen-bond acceptors (Lipinski definition) is 2. The Bertz CT molecular complexity index is 205. The van der Waals surface area contributed by atoms with Crippen molar-refractivity contribution in [1.82, 2.24) is 4.90 Å². The van der Waals surface area contributed by atoms with E-state index in [4.69, 9.17) is 12.2 Å². The summed E-state index contributed by atoms with van der Waals surface area (Å²) in [6.07, 6.45) is 5.79. The van der Waals surface area contributed by atoms with Gasteiger partial charge in [-0.2, -0.15) is 0 Å². The Morgan fingerprint density at radius 2 is 2.15 bits per heavy atom. The summed E-state index contributed by atoms with van der Waals surface area (Å²) in [5.74, 6) is 2.76. The van der Waals surface area contributed by atoms with Crippen molar-refractivity contribution in [1.29, 1.82) is 0 Å². The molecular weight excluding hydrogens is 164 g/mol. The van der Waals surface area contributed by atoms with Crippen LogP contribution in [0.4, 0.5) is 0 Å². The highest BCUT2D eigenvalue weighted by molar-refractivity contribution is 5.81. The number of hydrogen-bond donors (Lipinski definition) is 1. The Hall–Kier alpha value is -1.01. The normalized spacial score (nSPS) is 12.3. The van der Waals surface area contributed by atoms with Crippen molar-refractivity contribution in [3.63, 3.8) is 0 Å². The second-order valence-electron chi connectivity index (χ2n) is 3.63. The van der Waals surface area contributed by atoms with Crippen molar-refractivity contribution in [2.75, 3.05) is 13.6 Å². The average molecular weight is 182 g/mol. The van der Waals surface area contributed by atoms with E-state index in [0.717, 1.165) is 0 Å². The van der Waals surface area contributed by atoms with Crippen LogP contribution in [0.2, 0.25) is 0 Å². The molecule has 1 atom stereocenters. The summed E-state index contributed by atoms with van der Waals surface area (Å²) in [7, 11) is 1.67. The van der Waals surface area contributed by atoms with Crippen LogP contribution in [0.15, 0.2) is 0 Å². The van der Waals surface area contributed by atoms with Gasteiger partial charge in [-0.3, -0.25) is 4.79 Å². The first kappa shape index (κ1) is 12.0. The fraction of sp³-hybridized carbons (Fsp3) is 0.700. The van der Waals surface area contributed by atoms with Gasteiger partial charge in [-0.15, -0.1) is 6.42 Å². The van der Waals surface area contributed by atoms with Crippen LogP contribution in [0.3, 0.4) is 0 Å². The summed E-state index contributed by atoms with van der Waals surface area (Å²) in [5, 5.41) is 0. The maximum absolute atomic E-state index is 11.5. The van der Waals surface area contributed by atoms with Gasteiger partial charge < -0.3 is 10.6 Å². The molecule has 0 aliphatic carbocycles. The number of terminal acetylenes is 1. The summed E-state index contributed by atoms with van der Waals surface area (Å²) in [4.78, 5) is 13.0. The molecule has 13 heavy (non-hydrogen) atoms. The lowest BCUT2D eigenvalue weighted by Crippen LogP contribution is -2.42. The van der Waals surface area contributed by atoms with Crippen molar-refractivity contribution in [3.05, 3.63) is 0 Å². The molecule has 0 unspecified atom stereocenters. The number of nitrogens with zero attached hydrogens (tertiary/aromatic N) is 1. The van der Waals surface area contributed by atoms with Gasteiger partial charge in [0.15, 0.2) is 0 Å². The standard InChI is InChI=1S/C10H18N2O/c1-5-6-12(4)10(13)9(11)7-8(2)3/h1,8-9H,6-7,11H2,2-4H3/t9-/m1/s1. The van der Waals surface area contributed by atoms with Crippen molar-refractivity contribution < 1.29 is 4.79 Å². The van der Waals surface area contributed by atoms with Crippen LogP contribution in [0.1, 0.15) is 20.3 Å². The third-order valence-corrected chi connectivity index (χ3v) is 1.75. The molecule has 0 fully saturated rings. The molecule has 0 aliphatic heterocycles. The van der Waals surface area contributed by atoms with Gasteiger partial charge in [0, 0.05) is 7.05 Å². The van der Waals surface area contributed by atoms with Crippen molar-refractivity contribution in [2.24, 2.45) is 11.7 Å². The summed E-state index contributed by atoms with van der Waals surface area (Å²) in [5.41, 5.74) is 5.69. The van der Waals surface area contributed by atoms with Crippen LogP contribution in [-0.4, -0.2) is 30.4 Å². The summed E-state index contributed by atoms with van der Waals surface area (Å²) < 4.78 is 0. The Balaban J connectivity index is 4.03. The van der Waals surface area contributed by atoms with E-state index in [0.29, 0.717) is 18.9 Å². The molecule has 0 radical (unpaired) electrons. The largest absolute Gasteiger partial charge is 0.333 e. The zero-order valence-electron chi connectivity index (χ0n) is 8.58. The minimum absolute atomic E-state index is 0.0772. The lowest BCUT2D eigenvalue weighted by molar-refractivity contribution is -0.131. The van der Waals surface area contributed by atoms with Crippen LogP contribution in [0.25, 0.3) is 0 Å². The third-order valence-electron chi connectivity index (χ3n) is 1.75. The zero-order chi connectivity index (χ0) is 10.4. The molecule has 3 nitrogen and oxygen atoms in total. The van der Waals surface area contributed by atoms with E-state index in [2.05, 4.69) is 5.92 Å². The monoisotopic (exact) mass is 182 g/mol. The van der Waals surface area contributed by atoms with E-state index in [-0.39, 0.29) is 5.91 Å². The number of amides is 1. The Labute approximate surface area is 80.3 Å². The molecule has 0 heterocycles. The van der Waals surface area contributed by atoms with Gasteiger partial charge in [-0.05, 0) is 12.3 Å². The lowest BCUT2D eigenvalue weighted by atomic mass is 10.0. The van der Waals surface area contributed by atoms with Gasteiger partial charge in [-0.1, -0.05) is 19.8 Å². The molecule has 0 aromatic rings. The Kier molecular flexibility index (Phi) is 5.17. The molecule has 0 aliphatic rings. The van der Waals surface area contributed by atoms with Crippen molar-refractivity contribution in [3.8, 4) is 12.3 Å². The molecule has 0 aromatic heterocycles. The Morgan fingerprint density at radius 1 is 1.62 bits per heavy atom. The first-order valence-electron chi connectivity index (χ1n) is 4.43. The predicted molar refractivity (Wildman–Crippen MR) is 53.9 cm³/mol. The molecule has 1 amide bonds. The topological polar surface area (TPSA) is 46.3 Å². The molecule has 0 saturated heterocycles. The number of likely N-dealkylation sites (N-methyl/N-ethyl adjacent to an activating group) is 1. The van der Waals surface area contributed by atoms with E-state index in [9.17, 15) is 4.79 Å². The second-order valence-corrected chi connectivity index (χ2v) is 3.63. The van der Waals surface area contributed by atoms with Crippen molar-refractivity contribution in [2.45, 2.75) is 26.3 Å². The molecule has 0 bridgehead atoms. The van der Waals surface area contributed by atoms with E-state index < -0.39 is 6.04 Å². The molecule has 0 saturated carbocycles. The van der Waals surface area contributed by atoms with Gasteiger partial charge >= 0.3 is 0 Å². The highest BCUT2D eigenvalue weighted by atomic mass is 16.2. The highest BCUT2D eigenvalue weighted by Crippen LogP contribution is 2.04. The lowest BCUT2D eigenvalue weighted by Gasteiger charge is -2.20. The van der Waals surface area contributed by atoms with Crippen LogP contribution < -0.4 is 5.73 Å². The smallest absolute Gasteiger partial charge is 0.240 e.